The molecule has 0 unspecified atom stereocenters. The highest BCUT2D eigenvalue weighted by Crippen LogP contribution is 2.30. The van der Waals surface area contributed by atoms with Crippen molar-refractivity contribution in [2.75, 3.05) is 43.5 Å². The molecule has 0 bridgehead atoms. The molecule has 0 saturated carbocycles. The van der Waals surface area contributed by atoms with E-state index in [0.29, 0.717) is 18.9 Å². The van der Waals surface area contributed by atoms with Crippen molar-refractivity contribution in [3.05, 3.63) is 46.7 Å². The molecule has 1 aromatic heterocycles. The van der Waals surface area contributed by atoms with Crippen LogP contribution in [0.25, 0.3) is 0 Å². The summed E-state index contributed by atoms with van der Waals surface area (Å²) in [5.41, 5.74) is 1.23. The van der Waals surface area contributed by atoms with Crippen LogP contribution in [0.15, 0.2) is 18.2 Å². The Kier molecular flexibility index (Phi) is 5.58. The van der Waals surface area contributed by atoms with Crippen molar-refractivity contribution in [2.24, 2.45) is 5.92 Å². The third kappa shape index (κ3) is 3.82. The predicted octanol–water partition coefficient (Wildman–Crippen LogP) is 3.26. The Balaban J connectivity index is 1.64. The molecule has 3 heterocycles. The SMILES string of the molecule is CC1CCN(c2nc3c(c(N(C)C)n2)CN(C(=O)c2c(F)cccc2F)CC3)CC1. The highest BCUT2D eigenvalue weighted by molar-refractivity contribution is 5.95. The maximum Gasteiger partial charge on any atom is 0.260 e. The minimum atomic E-state index is -0.843. The maximum atomic E-state index is 14.1. The van der Waals surface area contributed by atoms with Crippen LogP contribution in [0, 0.1) is 17.6 Å². The Morgan fingerprint density at radius 3 is 2.40 bits per heavy atom. The zero-order chi connectivity index (χ0) is 21.4. The van der Waals surface area contributed by atoms with E-state index in [0.717, 1.165) is 61.1 Å². The summed E-state index contributed by atoms with van der Waals surface area (Å²) in [4.78, 5) is 28.1. The highest BCUT2D eigenvalue weighted by Gasteiger charge is 2.30. The highest BCUT2D eigenvalue weighted by atomic mass is 19.1. The third-order valence-electron chi connectivity index (χ3n) is 5.98. The first-order chi connectivity index (χ1) is 14.3. The summed E-state index contributed by atoms with van der Waals surface area (Å²) in [7, 11) is 3.81. The van der Waals surface area contributed by atoms with Crippen molar-refractivity contribution in [1.29, 1.82) is 0 Å². The van der Waals surface area contributed by atoms with E-state index >= 15 is 0 Å². The number of hydrogen-bond acceptors (Lipinski definition) is 5. The van der Waals surface area contributed by atoms with Gasteiger partial charge in [0.2, 0.25) is 5.95 Å². The lowest BCUT2D eigenvalue weighted by Crippen LogP contribution is -2.39. The van der Waals surface area contributed by atoms with Crippen molar-refractivity contribution >= 4 is 17.7 Å². The quantitative estimate of drug-likeness (QED) is 0.770. The number of aromatic nitrogens is 2. The Morgan fingerprint density at radius 2 is 1.77 bits per heavy atom. The van der Waals surface area contributed by atoms with E-state index < -0.39 is 23.1 Å². The van der Waals surface area contributed by atoms with Crippen LogP contribution in [0.1, 0.15) is 41.4 Å². The summed E-state index contributed by atoms with van der Waals surface area (Å²) in [6.07, 6.45) is 2.76. The molecular weight excluding hydrogens is 388 g/mol. The smallest absolute Gasteiger partial charge is 0.260 e. The Labute approximate surface area is 175 Å². The fraction of sp³-hybridized carbons (Fsp3) is 0.500. The van der Waals surface area contributed by atoms with E-state index in [1.54, 1.807) is 0 Å². The number of piperidine rings is 1. The van der Waals surface area contributed by atoms with E-state index in [1.807, 2.05) is 19.0 Å². The Bertz CT molecular complexity index is 937. The number of halogens is 2. The van der Waals surface area contributed by atoms with E-state index in [9.17, 15) is 13.6 Å². The van der Waals surface area contributed by atoms with Crippen LogP contribution in [0.3, 0.4) is 0 Å². The number of carbonyl (C=O) groups is 1. The molecule has 2 aliphatic heterocycles. The number of fused-ring (bicyclic) bond motifs is 1. The molecular formula is C22H27F2N5O. The van der Waals surface area contributed by atoms with Gasteiger partial charge in [-0.1, -0.05) is 13.0 Å². The molecule has 0 atom stereocenters. The van der Waals surface area contributed by atoms with Crippen LogP contribution in [0.4, 0.5) is 20.5 Å². The number of anilines is 2. The first-order valence-corrected chi connectivity index (χ1v) is 10.4. The fourth-order valence-corrected chi connectivity index (χ4v) is 4.14. The first kappa shape index (κ1) is 20.5. The van der Waals surface area contributed by atoms with Gasteiger partial charge in [0.25, 0.3) is 5.91 Å². The molecule has 6 nitrogen and oxygen atoms in total. The van der Waals surface area contributed by atoms with Crippen LogP contribution < -0.4 is 9.80 Å². The monoisotopic (exact) mass is 415 g/mol. The molecule has 2 aliphatic rings. The summed E-state index contributed by atoms with van der Waals surface area (Å²) in [6.45, 7) is 4.72. The molecule has 30 heavy (non-hydrogen) atoms. The van der Waals surface area contributed by atoms with Gasteiger partial charge in [-0.3, -0.25) is 4.79 Å². The normalized spacial score (nSPS) is 17.1. The van der Waals surface area contributed by atoms with Crippen molar-refractivity contribution in [3.63, 3.8) is 0 Å². The number of nitrogens with zero attached hydrogens (tertiary/aromatic N) is 5. The van der Waals surface area contributed by atoms with E-state index in [2.05, 4.69) is 11.8 Å². The zero-order valence-electron chi connectivity index (χ0n) is 17.7. The van der Waals surface area contributed by atoms with Crippen LogP contribution in [0.2, 0.25) is 0 Å². The third-order valence-corrected chi connectivity index (χ3v) is 5.98. The minimum Gasteiger partial charge on any atom is -0.362 e. The average molecular weight is 415 g/mol. The largest absolute Gasteiger partial charge is 0.362 e. The second-order valence-electron chi connectivity index (χ2n) is 8.41. The molecule has 1 fully saturated rings. The maximum absolute atomic E-state index is 14.1. The van der Waals surface area contributed by atoms with Crippen LogP contribution >= 0.6 is 0 Å². The second-order valence-corrected chi connectivity index (χ2v) is 8.41. The summed E-state index contributed by atoms with van der Waals surface area (Å²) in [5.74, 6) is -0.140. The summed E-state index contributed by atoms with van der Waals surface area (Å²) in [5, 5.41) is 0. The molecule has 160 valence electrons. The standard InChI is InChI=1S/C22H27F2N5O/c1-14-7-10-28(11-8-14)22-25-18-9-12-29(13-15(18)20(26-22)27(2)3)21(30)19-16(23)5-4-6-17(19)24/h4-6,14H,7-13H2,1-3H3. The summed E-state index contributed by atoms with van der Waals surface area (Å²) in [6, 6.07) is 3.47. The topological polar surface area (TPSA) is 52.6 Å². The number of benzene rings is 1. The molecule has 2 aromatic rings. The van der Waals surface area contributed by atoms with Crippen molar-refractivity contribution in [3.8, 4) is 0 Å². The molecule has 0 spiro atoms. The molecule has 0 radical (unpaired) electrons. The molecule has 4 rings (SSSR count). The predicted molar refractivity (Wildman–Crippen MR) is 112 cm³/mol. The van der Waals surface area contributed by atoms with Gasteiger partial charge in [-0.15, -0.1) is 0 Å². The fourth-order valence-electron chi connectivity index (χ4n) is 4.14. The lowest BCUT2D eigenvalue weighted by molar-refractivity contribution is 0.0723. The average Bonchev–Trinajstić information content (AvgIpc) is 2.72. The van der Waals surface area contributed by atoms with Gasteiger partial charge < -0.3 is 14.7 Å². The lowest BCUT2D eigenvalue weighted by atomic mass is 9.99. The van der Waals surface area contributed by atoms with Gasteiger partial charge in [-0.05, 0) is 30.9 Å². The van der Waals surface area contributed by atoms with Crippen molar-refractivity contribution in [1.82, 2.24) is 14.9 Å². The Morgan fingerprint density at radius 1 is 1.10 bits per heavy atom. The van der Waals surface area contributed by atoms with Crippen molar-refractivity contribution < 1.29 is 13.6 Å². The summed E-state index contributed by atoms with van der Waals surface area (Å²) >= 11 is 0. The lowest BCUT2D eigenvalue weighted by Gasteiger charge is -2.34. The first-order valence-electron chi connectivity index (χ1n) is 10.4. The van der Waals surface area contributed by atoms with Crippen LogP contribution in [0.5, 0.6) is 0 Å². The second kappa shape index (κ2) is 8.16. The number of rotatable bonds is 3. The van der Waals surface area contributed by atoms with E-state index in [1.165, 1.54) is 11.0 Å². The van der Waals surface area contributed by atoms with Crippen molar-refractivity contribution in [2.45, 2.75) is 32.7 Å². The zero-order valence-corrected chi connectivity index (χ0v) is 17.7. The van der Waals surface area contributed by atoms with Gasteiger partial charge in [-0.25, -0.2) is 13.8 Å². The number of amides is 1. The van der Waals surface area contributed by atoms with Gasteiger partial charge in [-0.2, -0.15) is 4.98 Å². The van der Waals surface area contributed by atoms with Gasteiger partial charge in [0.1, 0.15) is 23.0 Å². The van der Waals surface area contributed by atoms with E-state index in [-0.39, 0.29) is 6.54 Å². The van der Waals surface area contributed by atoms with Crippen LogP contribution in [-0.2, 0) is 13.0 Å². The molecule has 1 amide bonds. The summed E-state index contributed by atoms with van der Waals surface area (Å²) < 4.78 is 28.2. The Hall–Kier alpha value is -2.77. The molecule has 1 aromatic carbocycles. The number of hydrogen-bond donors (Lipinski definition) is 0. The van der Waals surface area contributed by atoms with Gasteiger partial charge in [0, 0.05) is 45.7 Å². The van der Waals surface area contributed by atoms with Gasteiger partial charge in [0.05, 0.1) is 12.2 Å². The molecule has 1 saturated heterocycles. The van der Waals surface area contributed by atoms with Gasteiger partial charge in [0.15, 0.2) is 0 Å². The van der Waals surface area contributed by atoms with Gasteiger partial charge >= 0.3 is 0 Å². The number of carbonyl (C=O) groups excluding carboxylic acids is 1. The van der Waals surface area contributed by atoms with Crippen LogP contribution in [-0.4, -0.2) is 54.5 Å². The molecule has 8 heteroatoms. The minimum absolute atomic E-state index is 0.229. The van der Waals surface area contributed by atoms with E-state index in [4.69, 9.17) is 9.97 Å². The molecule has 0 N–H and O–H groups in total. The molecule has 0 aliphatic carbocycles.